The van der Waals surface area contributed by atoms with Gasteiger partial charge < -0.3 is 17.0 Å². The molecule has 0 saturated heterocycles. The van der Waals surface area contributed by atoms with Crippen molar-refractivity contribution in [3.05, 3.63) is 0 Å². The summed E-state index contributed by atoms with van der Waals surface area (Å²) in [5.74, 6) is -3.19. The number of hydrogen-bond acceptors (Lipinski definition) is 3. The van der Waals surface area contributed by atoms with Gasteiger partial charge in [0, 0.05) is 6.92 Å². The first kappa shape index (κ1) is 14.9. The van der Waals surface area contributed by atoms with Crippen molar-refractivity contribution >= 4 is 17.8 Å². The van der Waals surface area contributed by atoms with Crippen molar-refractivity contribution < 1.29 is 55.6 Å². The third kappa shape index (κ3) is 7.76. The third-order valence-electron chi connectivity index (χ3n) is 1.05. The van der Waals surface area contributed by atoms with Crippen LogP contribution < -0.4 is 34.9 Å². The molecule has 0 aliphatic rings. The van der Waals surface area contributed by atoms with Crippen LogP contribution in [0.15, 0.2) is 0 Å². The molecule has 0 spiro atoms. The van der Waals surface area contributed by atoms with E-state index in [9.17, 15) is 14.4 Å². The van der Waals surface area contributed by atoms with Crippen LogP contribution in [0.5, 0.6) is 0 Å². The molecule has 0 aliphatic heterocycles. The fourth-order valence-corrected chi connectivity index (χ4v) is 0.620. The van der Waals surface area contributed by atoms with Crippen molar-refractivity contribution in [1.29, 1.82) is 0 Å². The maximum absolute atomic E-state index is 10.4. The third-order valence-corrected chi connectivity index (χ3v) is 1.05. The van der Waals surface area contributed by atoms with Gasteiger partial charge in [0.15, 0.2) is 0 Å². The molecule has 0 fully saturated rings. The van der Waals surface area contributed by atoms with Crippen LogP contribution in [0.3, 0.4) is 0 Å². The van der Waals surface area contributed by atoms with Crippen LogP contribution in [0.25, 0.3) is 0 Å². The second-order valence-corrected chi connectivity index (χ2v) is 2.19. The average Bonchev–Trinajstić information content (AvgIpc) is 1.83. The number of nitrogens with one attached hydrogen (secondary N) is 1. The molecule has 0 rings (SSSR count). The largest absolute Gasteiger partial charge is 1.00 e. The summed E-state index contributed by atoms with van der Waals surface area (Å²) in [7, 11) is 0. The second kappa shape index (κ2) is 6.88. The van der Waals surface area contributed by atoms with E-state index in [-0.39, 0.29) is 31.0 Å². The van der Waals surface area contributed by atoms with Crippen molar-refractivity contribution in [1.82, 2.24) is 5.32 Å². The van der Waals surface area contributed by atoms with Crippen LogP contribution in [0.4, 0.5) is 0 Å². The van der Waals surface area contributed by atoms with Crippen LogP contribution >= 0.6 is 0 Å². The van der Waals surface area contributed by atoms with Gasteiger partial charge in [-0.15, -0.1) is 0 Å². The van der Waals surface area contributed by atoms with Gasteiger partial charge in [-0.2, -0.15) is 0 Å². The van der Waals surface area contributed by atoms with E-state index < -0.39 is 30.3 Å². The number of rotatable bonds is 4. The summed E-state index contributed by atoms with van der Waals surface area (Å²) >= 11 is 0. The molecule has 0 bridgehead atoms. The van der Waals surface area contributed by atoms with E-state index in [2.05, 4.69) is 0 Å². The molecule has 1 atom stereocenters. The van der Waals surface area contributed by atoms with E-state index in [0.29, 0.717) is 0 Å². The molecule has 1 amide bonds. The fourth-order valence-electron chi connectivity index (χ4n) is 0.620. The Balaban J connectivity index is -0.000000605. The number of carbonyl (C=O) groups is 3. The minimum Gasteiger partial charge on any atom is -1.00 e. The number of carbonyl (C=O) groups excluding carboxylic acids is 1. The van der Waals surface area contributed by atoms with Gasteiger partial charge in [-0.1, -0.05) is 0 Å². The molecule has 0 saturated carbocycles. The summed E-state index contributed by atoms with van der Waals surface area (Å²) in [6.07, 6.45) is -0.616. The first-order chi connectivity index (χ1) is 5.43. The average molecular weight is 199 g/mol. The van der Waals surface area contributed by atoms with Gasteiger partial charge in [0.2, 0.25) is 5.91 Å². The first-order valence-corrected chi connectivity index (χ1v) is 3.15. The predicted octanol–water partition coefficient (Wildman–Crippen LogP) is -3.83. The molecule has 0 aromatic rings. The minimum atomic E-state index is -1.35. The predicted molar refractivity (Wildman–Crippen MR) is 38.6 cm³/mol. The number of carboxylic acid groups (broad SMARTS) is 2. The van der Waals surface area contributed by atoms with Gasteiger partial charge >= 0.3 is 41.5 Å². The van der Waals surface area contributed by atoms with E-state index in [0.717, 1.165) is 6.92 Å². The molecule has 0 aliphatic carbocycles. The van der Waals surface area contributed by atoms with E-state index in [1.165, 1.54) is 0 Å². The fraction of sp³-hybridized carbons (Fsp3) is 0.500. The Bertz CT molecular complexity index is 206. The molecule has 7 heteroatoms. The van der Waals surface area contributed by atoms with Gasteiger partial charge in [0.05, 0.1) is 6.42 Å². The Hall–Kier alpha value is -0.590. The second-order valence-electron chi connectivity index (χ2n) is 2.19. The first-order valence-electron chi connectivity index (χ1n) is 3.15. The molecule has 0 aromatic heterocycles. The molecule has 13 heavy (non-hydrogen) atoms. The quantitative estimate of drug-likeness (QED) is 0.402. The van der Waals surface area contributed by atoms with Gasteiger partial charge in [-0.3, -0.25) is 9.59 Å². The minimum absolute atomic E-state index is 0. The van der Waals surface area contributed by atoms with E-state index in [1.807, 2.05) is 5.32 Å². The number of aliphatic carboxylic acids is 2. The van der Waals surface area contributed by atoms with Crippen molar-refractivity contribution in [2.45, 2.75) is 19.4 Å². The normalized spacial score (nSPS) is 10.8. The monoisotopic (exact) mass is 199 g/mol. The Morgan fingerprint density at radius 2 is 1.85 bits per heavy atom. The topological polar surface area (TPSA) is 104 Å². The number of hydrogen-bond donors (Lipinski definition) is 3. The Labute approximate surface area is 98.1 Å². The van der Waals surface area contributed by atoms with Crippen LogP contribution in [0, 0.1) is 0 Å². The summed E-state index contributed by atoms with van der Waals surface area (Å²) in [5.41, 5.74) is 0. The van der Waals surface area contributed by atoms with Crippen molar-refractivity contribution in [2.24, 2.45) is 0 Å². The van der Waals surface area contributed by atoms with E-state index in [1.54, 1.807) is 0 Å². The zero-order valence-corrected chi connectivity index (χ0v) is 9.40. The van der Waals surface area contributed by atoms with Crippen molar-refractivity contribution in [3.8, 4) is 0 Å². The van der Waals surface area contributed by atoms with Crippen LogP contribution in [0.1, 0.15) is 14.8 Å². The number of carboxylic acids is 2. The Morgan fingerprint density at radius 1 is 1.38 bits per heavy atom. The summed E-state index contributed by atoms with van der Waals surface area (Å²) in [4.78, 5) is 30.7. The molecule has 0 heterocycles. The summed E-state index contributed by atoms with van der Waals surface area (Å²) < 4.78 is 0. The van der Waals surface area contributed by atoms with Crippen LogP contribution in [-0.4, -0.2) is 34.1 Å². The van der Waals surface area contributed by atoms with E-state index >= 15 is 0 Å². The standard InChI is InChI=1S/C6H9NO5.Na.H/c1-3(8)7-4(6(11)12)2-5(9)10;;/h4H,2H2,1H3,(H,7,8)(H,9,10)(H,11,12);;/q;+1;-1. The summed E-state index contributed by atoms with van der Waals surface area (Å²) in [5, 5.41) is 18.6. The van der Waals surface area contributed by atoms with Crippen molar-refractivity contribution in [2.75, 3.05) is 0 Å². The molecule has 0 radical (unpaired) electrons. The zero-order valence-electron chi connectivity index (χ0n) is 8.40. The van der Waals surface area contributed by atoms with Gasteiger partial charge in [-0.05, 0) is 0 Å². The molecule has 1 unspecified atom stereocenters. The molecule has 3 N–H and O–H groups in total. The smallest absolute Gasteiger partial charge is 1.00 e. The van der Waals surface area contributed by atoms with Crippen molar-refractivity contribution in [3.63, 3.8) is 0 Å². The molecule has 0 aromatic carbocycles. The zero-order chi connectivity index (χ0) is 9.72. The molecule has 70 valence electrons. The summed E-state index contributed by atoms with van der Waals surface area (Å²) in [6.45, 7) is 1.12. The van der Waals surface area contributed by atoms with Gasteiger partial charge in [0.1, 0.15) is 6.04 Å². The SMILES string of the molecule is CC(=O)NC(CC(=O)O)C(=O)O.[H-].[Na+]. The molecular formula is C6H10NNaO5. The van der Waals surface area contributed by atoms with Crippen LogP contribution in [0.2, 0.25) is 0 Å². The molecular weight excluding hydrogens is 189 g/mol. The molecule has 6 nitrogen and oxygen atoms in total. The summed E-state index contributed by atoms with van der Waals surface area (Å²) in [6, 6.07) is -1.35. The van der Waals surface area contributed by atoms with Gasteiger partial charge in [0.25, 0.3) is 0 Å². The van der Waals surface area contributed by atoms with E-state index in [4.69, 9.17) is 10.2 Å². The Kier molecular flexibility index (Phi) is 7.89. The number of amides is 1. The maximum atomic E-state index is 10.4. The Morgan fingerprint density at radius 3 is 2.08 bits per heavy atom. The maximum Gasteiger partial charge on any atom is 1.00 e. The van der Waals surface area contributed by atoms with Gasteiger partial charge in [-0.25, -0.2) is 4.79 Å². The van der Waals surface area contributed by atoms with Crippen LogP contribution in [-0.2, 0) is 14.4 Å².